The average molecular weight is 228 g/mol. The lowest BCUT2D eigenvalue weighted by atomic mass is 9.88. The van der Waals surface area contributed by atoms with Gasteiger partial charge in [-0.15, -0.1) is 0 Å². The van der Waals surface area contributed by atoms with E-state index in [4.69, 9.17) is 0 Å². The van der Waals surface area contributed by atoms with Crippen molar-refractivity contribution in [1.29, 1.82) is 0 Å². The molecule has 0 spiro atoms. The van der Waals surface area contributed by atoms with Crippen LogP contribution in [0.2, 0.25) is 0 Å². The Morgan fingerprint density at radius 3 is 2.33 bits per heavy atom. The lowest BCUT2D eigenvalue weighted by Crippen LogP contribution is -2.11. The van der Waals surface area contributed by atoms with Crippen LogP contribution >= 0.6 is 15.9 Å². The molecule has 0 fully saturated rings. The van der Waals surface area contributed by atoms with Gasteiger partial charge >= 0.3 is 0 Å². The van der Waals surface area contributed by atoms with Crippen LogP contribution in [-0.4, -0.2) is 4.98 Å². The average Bonchev–Trinajstić information content (AvgIpc) is 2.03. The quantitative estimate of drug-likeness (QED) is 0.672. The predicted octanol–water partition coefficient (Wildman–Crippen LogP) is 3.27. The van der Waals surface area contributed by atoms with Crippen molar-refractivity contribution in [2.24, 2.45) is 0 Å². The number of nitrogens with zero attached hydrogens (tertiary/aromatic N) is 1. The Morgan fingerprint density at radius 1 is 1.33 bits per heavy atom. The second-order valence-corrected chi connectivity index (χ2v) is 4.48. The van der Waals surface area contributed by atoms with E-state index in [1.165, 1.54) is 5.56 Å². The SMILES string of the molecule is CC(C)(C)c1ccc(CBr)nc1. The first kappa shape index (κ1) is 9.72. The minimum atomic E-state index is 0.206. The van der Waals surface area contributed by atoms with Gasteiger partial charge in [0.25, 0.3) is 0 Å². The molecule has 0 atom stereocenters. The van der Waals surface area contributed by atoms with Crippen molar-refractivity contribution in [2.75, 3.05) is 0 Å². The maximum absolute atomic E-state index is 4.32. The van der Waals surface area contributed by atoms with E-state index >= 15 is 0 Å². The van der Waals surface area contributed by atoms with Crippen LogP contribution in [-0.2, 0) is 10.7 Å². The summed E-state index contributed by atoms with van der Waals surface area (Å²) in [5.74, 6) is 0. The highest BCUT2D eigenvalue weighted by Gasteiger charge is 2.13. The number of pyridine rings is 1. The summed E-state index contributed by atoms with van der Waals surface area (Å²) in [5.41, 5.74) is 2.58. The molecular formula is C10H14BrN. The van der Waals surface area contributed by atoms with Crippen molar-refractivity contribution >= 4 is 15.9 Å². The third-order valence-corrected chi connectivity index (χ3v) is 2.40. The Balaban J connectivity index is 2.93. The number of alkyl halides is 1. The summed E-state index contributed by atoms with van der Waals surface area (Å²) in [6, 6.07) is 4.21. The Labute approximate surface area is 82.3 Å². The van der Waals surface area contributed by atoms with Crippen LogP contribution in [0.4, 0.5) is 0 Å². The fourth-order valence-corrected chi connectivity index (χ4v) is 1.28. The smallest absolute Gasteiger partial charge is 0.0509 e. The summed E-state index contributed by atoms with van der Waals surface area (Å²) in [6.07, 6.45) is 1.95. The fourth-order valence-electron chi connectivity index (χ4n) is 0.947. The zero-order chi connectivity index (χ0) is 9.19. The van der Waals surface area contributed by atoms with Gasteiger partial charge in [-0.1, -0.05) is 42.8 Å². The van der Waals surface area contributed by atoms with Gasteiger partial charge in [0, 0.05) is 11.5 Å². The fraction of sp³-hybridized carbons (Fsp3) is 0.500. The van der Waals surface area contributed by atoms with Gasteiger partial charge in [-0.2, -0.15) is 0 Å². The summed E-state index contributed by atoms with van der Waals surface area (Å²) < 4.78 is 0. The van der Waals surface area contributed by atoms with Gasteiger partial charge in [0.15, 0.2) is 0 Å². The molecule has 0 aromatic carbocycles. The second-order valence-electron chi connectivity index (χ2n) is 3.92. The highest BCUT2D eigenvalue weighted by atomic mass is 79.9. The van der Waals surface area contributed by atoms with Crippen LogP contribution in [0.1, 0.15) is 32.0 Å². The maximum atomic E-state index is 4.32. The molecule has 66 valence electrons. The molecule has 1 aromatic rings. The molecular weight excluding hydrogens is 214 g/mol. The first-order chi connectivity index (χ1) is 5.54. The highest BCUT2D eigenvalue weighted by molar-refractivity contribution is 9.08. The Morgan fingerprint density at radius 2 is 2.00 bits per heavy atom. The van der Waals surface area contributed by atoms with Crippen LogP contribution in [0, 0.1) is 0 Å². The van der Waals surface area contributed by atoms with Crippen LogP contribution < -0.4 is 0 Å². The zero-order valence-electron chi connectivity index (χ0n) is 7.76. The van der Waals surface area contributed by atoms with Gasteiger partial charge < -0.3 is 0 Å². The predicted molar refractivity (Wildman–Crippen MR) is 55.6 cm³/mol. The topological polar surface area (TPSA) is 12.9 Å². The summed E-state index contributed by atoms with van der Waals surface area (Å²) in [4.78, 5) is 4.32. The summed E-state index contributed by atoms with van der Waals surface area (Å²) in [5, 5.41) is 0.831. The molecule has 0 saturated carbocycles. The molecule has 0 aliphatic rings. The van der Waals surface area contributed by atoms with E-state index < -0.39 is 0 Å². The maximum Gasteiger partial charge on any atom is 0.0509 e. The first-order valence-electron chi connectivity index (χ1n) is 4.05. The molecule has 0 amide bonds. The molecule has 0 saturated heterocycles. The normalized spacial score (nSPS) is 11.7. The molecule has 0 N–H and O–H groups in total. The minimum absolute atomic E-state index is 0.206. The summed E-state index contributed by atoms with van der Waals surface area (Å²) in [6.45, 7) is 6.58. The van der Waals surface area contributed by atoms with E-state index in [2.05, 4.69) is 53.8 Å². The molecule has 12 heavy (non-hydrogen) atoms. The van der Waals surface area contributed by atoms with Crippen molar-refractivity contribution in [2.45, 2.75) is 31.5 Å². The molecule has 1 rings (SSSR count). The molecule has 0 radical (unpaired) electrons. The first-order valence-corrected chi connectivity index (χ1v) is 5.17. The Bertz CT molecular complexity index is 246. The van der Waals surface area contributed by atoms with Gasteiger partial charge in [0.05, 0.1) is 5.69 Å². The van der Waals surface area contributed by atoms with E-state index in [0.717, 1.165) is 11.0 Å². The molecule has 0 aliphatic heterocycles. The molecule has 0 unspecified atom stereocenters. The number of hydrogen-bond acceptors (Lipinski definition) is 1. The van der Waals surface area contributed by atoms with Gasteiger partial charge in [-0.05, 0) is 17.0 Å². The third-order valence-electron chi connectivity index (χ3n) is 1.83. The number of aromatic nitrogens is 1. The molecule has 0 bridgehead atoms. The van der Waals surface area contributed by atoms with Gasteiger partial charge in [0.1, 0.15) is 0 Å². The Kier molecular flexibility index (Phi) is 2.89. The van der Waals surface area contributed by atoms with E-state index in [1.807, 2.05) is 6.20 Å². The highest BCUT2D eigenvalue weighted by Crippen LogP contribution is 2.21. The number of hydrogen-bond donors (Lipinski definition) is 0. The van der Waals surface area contributed by atoms with Crippen LogP contribution in [0.15, 0.2) is 18.3 Å². The molecule has 1 nitrogen and oxygen atoms in total. The van der Waals surface area contributed by atoms with E-state index in [1.54, 1.807) is 0 Å². The van der Waals surface area contributed by atoms with Crippen LogP contribution in [0.5, 0.6) is 0 Å². The van der Waals surface area contributed by atoms with Crippen molar-refractivity contribution in [3.63, 3.8) is 0 Å². The second kappa shape index (κ2) is 3.56. The van der Waals surface area contributed by atoms with E-state index in [0.29, 0.717) is 0 Å². The van der Waals surface area contributed by atoms with Crippen molar-refractivity contribution in [3.05, 3.63) is 29.6 Å². The summed E-state index contributed by atoms with van der Waals surface area (Å²) >= 11 is 3.37. The summed E-state index contributed by atoms with van der Waals surface area (Å²) in [7, 11) is 0. The lowest BCUT2D eigenvalue weighted by Gasteiger charge is -2.18. The number of halogens is 1. The van der Waals surface area contributed by atoms with Gasteiger partial charge in [-0.3, -0.25) is 4.98 Å². The van der Waals surface area contributed by atoms with Crippen molar-refractivity contribution in [1.82, 2.24) is 4.98 Å². The van der Waals surface area contributed by atoms with Gasteiger partial charge in [-0.25, -0.2) is 0 Å². The standard InChI is InChI=1S/C10H14BrN/c1-10(2,3)8-4-5-9(6-11)12-7-8/h4-5,7H,6H2,1-3H3. The van der Waals surface area contributed by atoms with Crippen LogP contribution in [0.25, 0.3) is 0 Å². The molecule has 0 aliphatic carbocycles. The third kappa shape index (κ3) is 2.31. The molecule has 1 heterocycles. The minimum Gasteiger partial charge on any atom is -0.260 e. The van der Waals surface area contributed by atoms with E-state index in [9.17, 15) is 0 Å². The zero-order valence-corrected chi connectivity index (χ0v) is 9.35. The number of rotatable bonds is 1. The monoisotopic (exact) mass is 227 g/mol. The van der Waals surface area contributed by atoms with Crippen molar-refractivity contribution in [3.8, 4) is 0 Å². The van der Waals surface area contributed by atoms with E-state index in [-0.39, 0.29) is 5.41 Å². The van der Waals surface area contributed by atoms with Gasteiger partial charge in [0.2, 0.25) is 0 Å². The largest absolute Gasteiger partial charge is 0.260 e. The molecule has 1 aromatic heterocycles. The van der Waals surface area contributed by atoms with Crippen LogP contribution in [0.3, 0.4) is 0 Å². The Hall–Kier alpha value is -0.370. The lowest BCUT2D eigenvalue weighted by molar-refractivity contribution is 0.587. The van der Waals surface area contributed by atoms with Crippen molar-refractivity contribution < 1.29 is 0 Å². The molecule has 2 heteroatoms.